The summed E-state index contributed by atoms with van der Waals surface area (Å²) in [4.78, 5) is 16.1. The van der Waals surface area contributed by atoms with E-state index in [-0.39, 0.29) is 22.9 Å². The molecule has 0 saturated carbocycles. The number of pyridine rings is 1. The van der Waals surface area contributed by atoms with Gasteiger partial charge in [0.25, 0.3) is 5.91 Å². The molecule has 2 aromatic heterocycles. The molecule has 6 nitrogen and oxygen atoms in total. The van der Waals surface area contributed by atoms with Crippen molar-refractivity contribution < 1.29 is 31.1 Å². The Kier molecular flexibility index (Phi) is 5.18. The topological polar surface area (TPSA) is 85.8 Å². The summed E-state index contributed by atoms with van der Waals surface area (Å²) in [6, 6.07) is 7.46. The fourth-order valence-corrected chi connectivity index (χ4v) is 2.73. The maximum Gasteiger partial charge on any atom is 0.435 e. The molecule has 0 unspecified atom stereocenters. The van der Waals surface area contributed by atoms with E-state index in [0.717, 1.165) is 28.9 Å². The number of halogens is 6. The van der Waals surface area contributed by atoms with Crippen molar-refractivity contribution in [3.63, 3.8) is 0 Å². The largest absolute Gasteiger partial charge is 0.435 e. The highest BCUT2D eigenvalue weighted by atomic mass is 19.4. The summed E-state index contributed by atoms with van der Waals surface area (Å²) in [5.41, 5.74) is 3.05. The van der Waals surface area contributed by atoms with Crippen LogP contribution in [0.2, 0.25) is 0 Å². The number of carbonyl (C=O) groups is 1. The number of nitrogens with zero attached hydrogens (tertiary/aromatic N) is 3. The summed E-state index contributed by atoms with van der Waals surface area (Å²) in [5.74, 6) is -1.48. The van der Waals surface area contributed by atoms with Crippen molar-refractivity contribution in [2.24, 2.45) is 7.05 Å². The van der Waals surface area contributed by atoms with Gasteiger partial charge in [0.05, 0.1) is 16.8 Å². The number of nitrogens with one attached hydrogen (secondary N) is 1. The molecule has 12 heteroatoms. The molecule has 3 rings (SSSR count). The van der Waals surface area contributed by atoms with Gasteiger partial charge in [-0.3, -0.25) is 9.48 Å². The van der Waals surface area contributed by atoms with Crippen LogP contribution in [0.4, 0.5) is 38.0 Å². The molecular weight excluding hydrogens is 416 g/mol. The molecule has 0 radical (unpaired) electrons. The number of hydrogen-bond acceptors (Lipinski definition) is 4. The molecule has 0 aliphatic heterocycles. The highest BCUT2D eigenvalue weighted by molar-refractivity contribution is 6.05. The minimum absolute atomic E-state index is 0.0209. The number of nitrogens with two attached hydrogens (primary N) is 1. The van der Waals surface area contributed by atoms with Gasteiger partial charge in [-0.1, -0.05) is 12.1 Å². The Balaban J connectivity index is 1.89. The van der Waals surface area contributed by atoms with Crippen molar-refractivity contribution in [1.82, 2.24) is 14.8 Å². The maximum atomic E-state index is 13.1. The van der Waals surface area contributed by atoms with Gasteiger partial charge in [0.2, 0.25) is 0 Å². The Morgan fingerprint density at radius 3 is 2.27 bits per heavy atom. The second-order valence-electron chi connectivity index (χ2n) is 6.16. The van der Waals surface area contributed by atoms with E-state index in [1.165, 1.54) is 25.2 Å². The predicted molar refractivity (Wildman–Crippen MR) is 95.3 cm³/mol. The number of carbonyl (C=O) groups excluding carboxylic acids is 1. The Morgan fingerprint density at radius 2 is 1.70 bits per heavy atom. The van der Waals surface area contributed by atoms with Crippen LogP contribution < -0.4 is 11.1 Å². The van der Waals surface area contributed by atoms with E-state index < -0.39 is 35.1 Å². The van der Waals surface area contributed by atoms with Crippen molar-refractivity contribution in [2.75, 3.05) is 11.1 Å². The maximum absolute atomic E-state index is 13.1. The van der Waals surface area contributed by atoms with Crippen LogP contribution in [0.5, 0.6) is 0 Å². The number of hydrogen-bond donors (Lipinski definition) is 2. The molecule has 0 fully saturated rings. The van der Waals surface area contributed by atoms with Crippen molar-refractivity contribution in [1.29, 1.82) is 0 Å². The van der Waals surface area contributed by atoms with Crippen LogP contribution in [-0.2, 0) is 19.4 Å². The zero-order chi connectivity index (χ0) is 22.3. The molecule has 3 N–H and O–H groups in total. The van der Waals surface area contributed by atoms with E-state index in [9.17, 15) is 31.1 Å². The summed E-state index contributed by atoms with van der Waals surface area (Å²) in [5, 5.41) is 5.58. The fraction of sp³-hybridized carbons (Fsp3) is 0.167. The third-order valence-corrected chi connectivity index (χ3v) is 4.09. The van der Waals surface area contributed by atoms with Crippen LogP contribution in [-0.4, -0.2) is 20.7 Å². The van der Waals surface area contributed by atoms with E-state index in [2.05, 4.69) is 15.4 Å². The Labute approximate surface area is 165 Å². The first-order chi connectivity index (χ1) is 13.9. The number of anilines is 2. The number of aromatic nitrogens is 3. The Morgan fingerprint density at radius 1 is 1.03 bits per heavy atom. The van der Waals surface area contributed by atoms with Gasteiger partial charge < -0.3 is 11.1 Å². The first-order valence-corrected chi connectivity index (χ1v) is 8.23. The average molecular weight is 429 g/mol. The lowest BCUT2D eigenvalue weighted by molar-refractivity contribution is -0.141. The second-order valence-corrected chi connectivity index (χ2v) is 6.16. The molecule has 0 saturated heterocycles. The first-order valence-electron chi connectivity index (χ1n) is 8.23. The number of aryl methyl sites for hydroxylation is 1. The van der Waals surface area contributed by atoms with Gasteiger partial charge in [0.1, 0.15) is 11.6 Å². The highest BCUT2D eigenvalue weighted by Crippen LogP contribution is 2.34. The van der Waals surface area contributed by atoms with Crippen LogP contribution in [0.15, 0.2) is 42.5 Å². The predicted octanol–water partition coefficient (Wildman–Crippen LogP) is 4.35. The third kappa shape index (κ3) is 4.21. The molecule has 0 atom stereocenters. The normalized spacial score (nSPS) is 12.1. The number of amides is 1. The van der Waals surface area contributed by atoms with E-state index in [1.807, 2.05) is 0 Å². The lowest BCUT2D eigenvalue weighted by Crippen LogP contribution is -2.19. The van der Waals surface area contributed by atoms with E-state index in [4.69, 9.17) is 5.73 Å². The first kappa shape index (κ1) is 21.1. The quantitative estimate of drug-likeness (QED) is 0.606. The number of nitrogen functional groups attached to an aromatic ring is 1. The summed E-state index contributed by atoms with van der Waals surface area (Å²) in [6.45, 7) is 0. The minimum Gasteiger partial charge on any atom is -0.383 e. The Hall–Kier alpha value is -3.57. The average Bonchev–Trinajstić information content (AvgIpc) is 3.03. The van der Waals surface area contributed by atoms with Gasteiger partial charge in [0, 0.05) is 12.6 Å². The molecule has 0 aliphatic rings. The van der Waals surface area contributed by atoms with Crippen LogP contribution in [0, 0.1) is 0 Å². The SMILES string of the molecule is Cn1nc(C(F)(F)F)cc1-c1ccc(NC(=O)c2ccccc2C(F)(F)F)nc1N. The van der Waals surface area contributed by atoms with Gasteiger partial charge in [-0.05, 0) is 30.3 Å². The number of benzene rings is 1. The second kappa shape index (κ2) is 7.35. The van der Waals surface area contributed by atoms with Gasteiger partial charge in [-0.25, -0.2) is 4.98 Å². The van der Waals surface area contributed by atoms with Crippen molar-refractivity contribution in [3.05, 3.63) is 59.3 Å². The molecule has 1 aromatic carbocycles. The van der Waals surface area contributed by atoms with Gasteiger partial charge in [0.15, 0.2) is 5.69 Å². The van der Waals surface area contributed by atoms with Crippen LogP contribution >= 0.6 is 0 Å². The fourth-order valence-electron chi connectivity index (χ4n) is 2.73. The Bertz CT molecular complexity index is 1100. The zero-order valence-electron chi connectivity index (χ0n) is 15.1. The van der Waals surface area contributed by atoms with Crippen molar-refractivity contribution in [3.8, 4) is 11.3 Å². The van der Waals surface area contributed by atoms with Gasteiger partial charge in [-0.15, -0.1) is 0 Å². The molecule has 1 amide bonds. The van der Waals surface area contributed by atoms with E-state index in [1.54, 1.807) is 0 Å². The zero-order valence-corrected chi connectivity index (χ0v) is 15.1. The lowest BCUT2D eigenvalue weighted by Gasteiger charge is -2.13. The van der Waals surface area contributed by atoms with Crippen molar-refractivity contribution in [2.45, 2.75) is 12.4 Å². The van der Waals surface area contributed by atoms with E-state index >= 15 is 0 Å². The summed E-state index contributed by atoms with van der Waals surface area (Å²) < 4.78 is 78.7. The summed E-state index contributed by atoms with van der Waals surface area (Å²) in [6.07, 6.45) is -9.39. The molecule has 3 aromatic rings. The highest BCUT2D eigenvalue weighted by Gasteiger charge is 2.36. The lowest BCUT2D eigenvalue weighted by atomic mass is 10.1. The van der Waals surface area contributed by atoms with Crippen LogP contribution in [0.25, 0.3) is 11.3 Å². The van der Waals surface area contributed by atoms with Gasteiger partial charge >= 0.3 is 12.4 Å². The van der Waals surface area contributed by atoms with E-state index in [0.29, 0.717) is 0 Å². The monoisotopic (exact) mass is 429 g/mol. The summed E-state index contributed by atoms with van der Waals surface area (Å²) in [7, 11) is 1.29. The molecule has 0 spiro atoms. The molecule has 0 aliphatic carbocycles. The molecule has 30 heavy (non-hydrogen) atoms. The van der Waals surface area contributed by atoms with Crippen LogP contribution in [0.3, 0.4) is 0 Å². The summed E-state index contributed by atoms with van der Waals surface area (Å²) >= 11 is 0. The number of rotatable bonds is 3. The standard InChI is InChI=1S/C18H13F6N5O/c1-29-12(8-13(28-29)18(22,23)24)10-6-7-14(26-15(10)25)27-16(30)9-4-2-3-5-11(9)17(19,20)21/h2-8H,1H3,(H3,25,26,27,30). The van der Waals surface area contributed by atoms with Crippen molar-refractivity contribution >= 4 is 17.5 Å². The molecular formula is C18H13F6N5O. The minimum atomic E-state index is -4.74. The third-order valence-electron chi connectivity index (χ3n) is 4.09. The van der Waals surface area contributed by atoms with Crippen LogP contribution in [0.1, 0.15) is 21.6 Å². The molecule has 0 bridgehead atoms. The molecule has 158 valence electrons. The smallest absolute Gasteiger partial charge is 0.383 e. The van der Waals surface area contributed by atoms with Gasteiger partial charge in [-0.2, -0.15) is 31.4 Å². The number of alkyl halides is 6. The molecule has 2 heterocycles.